The molecule has 2 unspecified atom stereocenters. The predicted octanol–water partition coefficient (Wildman–Crippen LogP) is 0.666. The van der Waals surface area contributed by atoms with Gasteiger partial charge in [0.25, 0.3) is 0 Å². The lowest BCUT2D eigenvalue weighted by molar-refractivity contribution is -0.132. The second-order valence-electron chi connectivity index (χ2n) is 5.89. The van der Waals surface area contributed by atoms with E-state index in [9.17, 15) is 4.79 Å². The lowest BCUT2D eigenvalue weighted by Crippen LogP contribution is -2.55. The van der Waals surface area contributed by atoms with Crippen molar-refractivity contribution >= 4 is 5.91 Å². The van der Waals surface area contributed by atoms with Gasteiger partial charge in [-0.25, -0.2) is 0 Å². The fraction of sp³-hybridized carbons (Fsp3) is 0.562. The first kappa shape index (κ1) is 14.5. The summed E-state index contributed by atoms with van der Waals surface area (Å²) in [5.74, 6) is 0.0810. The molecule has 1 saturated carbocycles. The van der Waals surface area contributed by atoms with Gasteiger partial charge in [-0.1, -0.05) is 30.3 Å². The minimum atomic E-state index is -0.214. The summed E-state index contributed by atoms with van der Waals surface area (Å²) in [6.45, 7) is 2.55. The highest BCUT2D eigenvalue weighted by Crippen LogP contribution is 2.20. The van der Waals surface area contributed by atoms with Gasteiger partial charge in [0.1, 0.15) is 6.04 Å². The van der Waals surface area contributed by atoms with Crippen LogP contribution in [0.3, 0.4) is 0 Å². The molecule has 1 aromatic rings. The first-order chi connectivity index (χ1) is 10.2. The number of hydrogen-bond acceptors (Lipinski definition) is 4. The van der Waals surface area contributed by atoms with Crippen LogP contribution < -0.4 is 11.1 Å². The summed E-state index contributed by atoms with van der Waals surface area (Å²) in [7, 11) is 0. The molecule has 3 rings (SSSR count). The summed E-state index contributed by atoms with van der Waals surface area (Å²) in [4.78, 5) is 14.5. The molecule has 114 valence electrons. The summed E-state index contributed by atoms with van der Waals surface area (Å²) in [5.41, 5.74) is 7.39. The van der Waals surface area contributed by atoms with Crippen LogP contribution in [-0.2, 0) is 9.53 Å². The zero-order valence-electron chi connectivity index (χ0n) is 12.2. The highest BCUT2D eigenvalue weighted by atomic mass is 16.5. The van der Waals surface area contributed by atoms with Gasteiger partial charge in [-0.3, -0.25) is 9.69 Å². The van der Waals surface area contributed by atoms with Crippen LogP contribution in [-0.4, -0.2) is 49.2 Å². The Hall–Kier alpha value is -1.43. The molecule has 5 nitrogen and oxygen atoms in total. The molecule has 2 atom stereocenters. The third kappa shape index (κ3) is 3.81. The summed E-state index contributed by atoms with van der Waals surface area (Å²) < 4.78 is 5.48. The second kappa shape index (κ2) is 6.56. The van der Waals surface area contributed by atoms with Crippen molar-refractivity contribution in [2.45, 2.75) is 31.0 Å². The molecule has 1 aromatic carbocycles. The van der Waals surface area contributed by atoms with Gasteiger partial charge in [0.15, 0.2) is 0 Å². The Labute approximate surface area is 125 Å². The Bertz CT molecular complexity index is 476. The van der Waals surface area contributed by atoms with Crippen molar-refractivity contribution in [3.63, 3.8) is 0 Å². The van der Waals surface area contributed by atoms with Crippen molar-refractivity contribution in [1.29, 1.82) is 0 Å². The maximum atomic E-state index is 12.3. The number of nitrogens with one attached hydrogen (secondary N) is 1. The molecule has 0 bridgehead atoms. The maximum Gasteiger partial charge on any atom is 0.239 e. The quantitative estimate of drug-likeness (QED) is 0.836. The molecule has 3 N–H and O–H groups in total. The molecule has 0 aromatic heterocycles. The highest BCUT2D eigenvalue weighted by Gasteiger charge is 2.33. The van der Waals surface area contributed by atoms with Gasteiger partial charge < -0.3 is 15.8 Å². The largest absolute Gasteiger partial charge is 0.378 e. The number of carbonyl (C=O) groups excluding carboxylic acids is 1. The molecule has 0 spiro atoms. The normalized spacial score (nSPS) is 24.5. The van der Waals surface area contributed by atoms with E-state index in [0.717, 1.165) is 24.9 Å². The molecular formula is C16H23N3O2. The minimum absolute atomic E-state index is 0.0810. The third-order valence-corrected chi connectivity index (χ3v) is 4.12. The van der Waals surface area contributed by atoms with Crippen LogP contribution in [0.4, 0.5) is 0 Å². The average molecular weight is 289 g/mol. The van der Waals surface area contributed by atoms with Crippen molar-refractivity contribution < 1.29 is 9.53 Å². The van der Waals surface area contributed by atoms with Gasteiger partial charge in [0.2, 0.25) is 5.91 Å². The zero-order chi connectivity index (χ0) is 14.7. The Balaban J connectivity index is 1.62. The SMILES string of the molecule is NC(CN1CCOCC1C(=O)NC1CC1)c1ccccc1. The van der Waals surface area contributed by atoms with E-state index in [4.69, 9.17) is 10.5 Å². The average Bonchev–Trinajstić information content (AvgIpc) is 3.32. The van der Waals surface area contributed by atoms with E-state index in [-0.39, 0.29) is 18.0 Å². The van der Waals surface area contributed by atoms with Crippen LogP contribution in [0.2, 0.25) is 0 Å². The van der Waals surface area contributed by atoms with Crippen LogP contribution in [0.25, 0.3) is 0 Å². The lowest BCUT2D eigenvalue weighted by Gasteiger charge is -2.36. The standard InChI is InChI=1S/C16H23N3O2/c17-14(12-4-2-1-3-5-12)10-19-8-9-21-11-15(19)16(20)18-13-6-7-13/h1-5,13-15H,6-11,17H2,(H,18,20). The van der Waals surface area contributed by atoms with Gasteiger partial charge >= 0.3 is 0 Å². The molecule has 1 amide bonds. The Morgan fingerprint density at radius 3 is 2.86 bits per heavy atom. The van der Waals surface area contributed by atoms with Gasteiger partial charge in [-0.2, -0.15) is 0 Å². The molecule has 1 saturated heterocycles. The number of carbonyl (C=O) groups is 1. The summed E-state index contributed by atoms with van der Waals surface area (Å²) in [5, 5.41) is 3.07. The molecule has 21 heavy (non-hydrogen) atoms. The van der Waals surface area contributed by atoms with Crippen LogP contribution in [0, 0.1) is 0 Å². The molecule has 0 radical (unpaired) electrons. The number of morpholine rings is 1. The van der Waals surface area contributed by atoms with Crippen LogP contribution in [0.5, 0.6) is 0 Å². The van der Waals surface area contributed by atoms with E-state index in [1.54, 1.807) is 0 Å². The smallest absolute Gasteiger partial charge is 0.239 e. The van der Waals surface area contributed by atoms with Gasteiger partial charge in [0.05, 0.1) is 13.2 Å². The Morgan fingerprint density at radius 2 is 2.14 bits per heavy atom. The van der Waals surface area contributed by atoms with Crippen LogP contribution in [0.15, 0.2) is 30.3 Å². The van der Waals surface area contributed by atoms with Gasteiger partial charge in [-0.05, 0) is 18.4 Å². The lowest BCUT2D eigenvalue weighted by atomic mass is 10.1. The summed E-state index contributed by atoms with van der Waals surface area (Å²) >= 11 is 0. The van der Waals surface area contributed by atoms with E-state index in [1.165, 1.54) is 0 Å². The summed E-state index contributed by atoms with van der Waals surface area (Å²) in [6.07, 6.45) is 2.20. The number of rotatable bonds is 5. The first-order valence-corrected chi connectivity index (χ1v) is 7.67. The van der Waals surface area contributed by atoms with E-state index in [0.29, 0.717) is 25.8 Å². The van der Waals surface area contributed by atoms with Gasteiger partial charge in [-0.15, -0.1) is 0 Å². The highest BCUT2D eigenvalue weighted by molar-refractivity contribution is 5.82. The molecule has 1 aliphatic carbocycles. The van der Waals surface area contributed by atoms with Crippen molar-refractivity contribution in [2.24, 2.45) is 5.73 Å². The first-order valence-electron chi connectivity index (χ1n) is 7.67. The monoisotopic (exact) mass is 289 g/mol. The molecule has 1 aliphatic heterocycles. The van der Waals surface area contributed by atoms with Crippen molar-refractivity contribution in [3.05, 3.63) is 35.9 Å². The van der Waals surface area contributed by atoms with E-state index in [2.05, 4.69) is 10.2 Å². The van der Waals surface area contributed by atoms with Crippen molar-refractivity contribution in [2.75, 3.05) is 26.3 Å². The fourth-order valence-corrected chi connectivity index (χ4v) is 2.68. The van der Waals surface area contributed by atoms with Crippen LogP contribution >= 0.6 is 0 Å². The third-order valence-electron chi connectivity index (χ3n) is 4.12. The predicted molar refractivity (Wildman–Crippen MR) is 80.7 cm³/mol. The fourth-order valence-electron chi connectivity index (χ4n) is 2.68. The molecule has 2 aliphatic rings. The Morgan fingerprint density at radius 1 is 1.38 bits per heavy atom. The maximum absolute atomic E-state index is 12.3. The number of nitrogens with two attached hydrogens (primary N) is 1. The van der Waals surface area contributed by atoms with E-state index < -0.39 is 0 Å². The van der Waals surface area contributed by atoms with Gasteiger partial charge in [0, 0.05) is 25.2 Å². The van der Waals surface area contributed by atoms with E-state index >= 15 is 0 Å². The molecule has 5 heteroatoms. The van der Waals surface area contributed by atoms with Crippen molar-refractivity contribution in [1.82, 2.24) is 10.2 Å². The molecule has 2 fully saturated rings. The Kier molecular flexibility index (Phi) is 4.53. The number of hydrogen-bond donors (Lipinski definition) is 2. The minimum Gasteiger partial charge on any atom is -0.378 e. The van der Waals surface area contributed by atoms with E-state index in [1.807, 2.05) is 30.3 Å². The summed E-state index contributed by atoms with van der Waals surface area (Å²) in [6, 6.07) is 10.1. The topological polar surface area (TPSA) is 67.6 Å². The molecule has 1 heterocycles. The second-order valence-corrected chi connectivity index (χ2v) is 5.89. The number of amides is 1. The number of nitrogens with zero attached hydrogens (tertiary/aromatic N) is 1. The molecular weight excluding hydrogens is 266 g/mol. The van der Waals surface area contributed by atoms with Crippen molar-refractivity contribution in [3.8, 4) is 0 Å². The van der Waals surface area contributed by atoms with Crippen LogP contribution in [0.1, 0.15) is 24.4 Å². The number of benzene rings is 1. The zero-order valence-corrected chi connectivity index (χ0v) is 12.2. The number of ether oxygens (including phenoxy) is 1.